The van der Waals surface area contributed by atoms with Crippen molar-refractivity contribution in [2.75, 3.05) is 6.54 Å². The van der Waals surface area contributed by atoms with Crippen molar-refractivity contribution in [1.82, 2.24) is 10.3 Å². The topological polar surface area (TPSA) is 105 Å². The molecule has 6 nitrogen and oxygen atoms in total. The normalized spacial score (nSPS) is 11.8. The van der Waals surface area contributed by atoms with Gasteiger partial charge in [0.2, 0.25) is 5.91 Å². The van der Waals surface area contributed by atoms with Crippen LogP contribution >= 0.6 is 0 Å². The molecule has 0 spiro atoms. The van der Waals surface area contributed by atoms with Crippen LogP contribution in [0.1, 0.15) is 24.8 Å². The first-order valence-corrected chi connectivity index (χ1v) is 6.24. The van der Waals surface area contributed by atoms with Gasteiger partial charge in [-0.05, 0) is 37.4 Å². The highest BCUT2D eigenvalue weighted by Crippen LogP contribution is 2.02. The molecule has 0 saturated heterocycles. The molecule has 0 aromatic carbocycles. The van der Waals surface area contributed by atoms with Crippen LogP contribution < -0.4 is 11.1 Å². The van der Waals surface area contributed by atoms with E-state index in [1.54, 1.807) is 24.5 Å². The van der Waals surface area contributed by atoms with Crippen molar-refractivity contribution in [3.63, 3.8) is 0 Å². The van der Waals surface area contributed by atoms with Gasteiger partial charge in [0.15, 0.2) is 0 Å². The molecule has 104 valence electrons. The number of hydrogen-bond donors (Lipinski definition) is 3. The number of carboxylic acids is 1. The number of amides is 1. The van der Waals surface area contributed by atoms with Crippen LogP contribution in [-0.4, -0.2) is 34.6 Å². The highest BCUT2D eigenvalue weighted by molar-refractivity contribution is 5.84. The maximum Gasteiger partial charge on any atom is 0.326 e. The number of aromatic nitrogens is 1. The average molecular weight is 265 g/mol. The number of carboxylic acid groups (broad SMARTS) is 1. The van der Waals surface area contributed by atoms with Crippen molar-refractivity contribution in [1.29, 1.82) is 0 Å². The molecule has 1 amide bonds. The fourth-order valence-corrected chi connectivity index (χ4v) is 1.68. The second-order valence-electron chi connectivity index (χ2n) is 4.28. The van der Waals surface area contributed by atoms with E-state index < -0.39 is 12.0 Å². The fraction of sp³-hybridized carbons (Fsp3) is 0.462. The molecular weight excluding hydrogens is 246 g/mol. The number of aliphatic carboxylic acids is 1. The summed E-state index contributed by atoms with van der Waals surface area (Å²) in [5, 5.41) is 11.5. The van der Waals surface area contributed by atoms with Crippen LogP contribution in [0.25, 0.3) is 0 Å². The van der Waals surface area contributed by atoms with Gasteiger partial charge < -0.3 is 16.2 Å². The van der Waals surface area contributed by atoms with E-state index in [4.69, 9.17) is 10.8 Å². The molecule has 0 saturated carbocycles. The summed E-state index contributed by atoms with van der Waals surface area (Å²) in [4.78, 5) is 26.7. The molecule has 0 aliphatic carbocycles. The molecule has 6 heteroatoms. The summed E-state index contributed by atoms with van der Waals surface area (Å²) in [5.41, 5.74) is 6.11. The Bertz CT molecular complexity index is 409. The number of nitrogens with zero attached hydrogens (tertiary/aromatic N) is 1. The summed E-state index contributed by atoms with van der Waals surface area (Å²) in [6.45, 7) is 0.524. The highest BCUT2D eigenvalue weighted by Gasteiger charge is 2.19. The van der Waals surface area contributed by atoms with Gasteiger partial charge in [-0.2, -0.15) is 0 Å². The molecule has 1 aromatic heterocycles. The number of carbonyl (C=O) groups excluding carboxylic acids is 1. The van der Waals surface area contributed by atoms with E-state index in [1.807, 2.05) is 0 Å². The van der Waals surface area contributed by atoms with Gasteiger partial charge >= 0.3 is 5.97 Å². The van der Waals surface area contributed by atoms with Crippen LogP contribution in [0.4, 0.5) is 0 Å². The van der Waals surface area contributed by atoms with Gasteiger partial charge in [0.25, 0.3) is 0 Å². The Hall–Kier alpha value is -1.95. The minimum atomic E-state index is -1.02. The summed E-state index contributed by atoms with van der Waals surface area (Å²) in [7, 11) is 0. The molecule has 1 aromatic rings. The monoisotopic (exact) mass is 265 g/mol. The van der Waals surface area contributed by atoms with E-state index in [1.165, 1.54) is 0 Å². The largest absolute Gasteiger partial charge is 0.480 e. The summed E-state index contributed by atoms with van der Waals surface area (Å²) in [6, 6.07) is 2.66. The number of nitrogens with two attached hydrogens (primary N) is 1. The standard InChI is InChI=1S/C13H19N3O3/c14-6-2-1-5-11(13(18)19)16-12(17)8-10-4-3-7-15-9-10/h3-4,7,9,11H,1-2,5-6,8,14H2,(H,16,17)(H,18,19). The quantitative estimate of drug-likeness (QED) is 0.587. The van der Waals surface area contributed by atoms with Crippen molar-refractivity contribution < 1.29 is 14.7 Å². The van der Waals surface area contributed by atoms with Crippen molar-refractivity contribution in [2.24, 2.45) is 5.73 Å². The zero-order chi connectivity index (χ0) is 14.1. The van der Waals surface area contributed by atoms with Gasteiger partial charge in [0.05, 0.1) is 6.42 Å². The Balaban J connectivity index is 2.45. The lowest BCUT2D eigenvalue weighted by atomic mass is 10.1. The predicted molar refractivity (Wildman–Crippen MR) is 70.4 cm³/mol. The maximum absolute atomic E-state index is 11.7. The van der Waals surface area contributed by atoms with E-state index >= 15 is 0 Å². The third-order valence-electron chi connectivity index (χ3n) is 2.67. The number of nitrogens with one attached hydrogen (secondary N) is 1. The first-order valence-electron chi connectivity index (χ1n) is 6.24. The summed E-state index contributed by atoms with van der Waals surface area (Å²) in [5.74, 6) is -1.33. The Morgan fingerprint density at radius 1 is 1.42 bits per heavy atom. The van der Waals surface area contributed by atoms with Crippen molar-refractivity contribution in [2.45, 2.75) is 31.7 Å². The Morgan fingerprint density at radius 3 is 2.79 bits per heavy atom. The molecule has 4 N–H and O–H groups in total. The molecule has 0 radical (unpaired) electrons. The molecule has 19 heavy (non-hydrogen) atoms. The Kier molecular flexibility index (Phi) is 6.52. The highest BCUT2D eigenvalue weighted by atomic mass is 16.4. The summed E-state index contributed by atoms with van der Waals surface area (Å²) < 4.78 is 0. The second kappa shape index (κ2) is 8.20. The van der Waals surface area contributed by atoms with Gasteiger partial charge in [0, 0.05) is 12.4 Å². The maximum atomic E-state index is 11.7. The Morgan fingerprint density at radius 2 is 2.21 bits per heavy atom. The molecular formula is C13H19N3O3. The number of hydrogen-bond acceptors (Lipinski definition) is 4. The first kappa shape index (κ1) is 15.1. The average Bonchev–Trinajstić information content (AvgIpc) is 2.38. The van der Waals surface area contributed by atoms with Crippen LogP contribution in [-0.2, 0) is 16.0 Å². The molecule has 1 unspecified atom stereocenters. The van der Waals surface area contributed by atoms with Gasteiger partial charge in [-0.3, -0.25) is 9.78 Å². The molecule has 1 rings (SSSR count). The number of pyridine rings is 1. The summed E-state index contributed by atoms with van der Waals surface area (Å²) >= 11 is 0. The molecule has 0 fully saturated rings. The lowest BCUT2D eigenvalue weighted by Crippen LogP contribution is -2.41. The van der Waals surface area contributed by atoms with Gasteiger partial charge in [-0.1, -0.05) is 6.07 Å². The van der Waals surface area contributed by atoms with Crippen LogP contribution in [0.2, 0.25) is 0 Å². The van der Waals surface area contributed by atoms with Crippen LogP contribution in [0.5, 0.6) is 0 Å². The molecule has 0 bridgehead atoms. The first-order chi connectivity index (χ1) is 9.13. The van der Waals surface area contributed by atoms with Crippen LogP contribution in [0.3, 0.4) is 0 Å². The van der Waals surface area contributed by atoms with Gasteiger partial charge in [-0.15, -0.1) is 0 Å². The zero-order valence-electron chi connectivity index (χ0n) is 10.7. The minimum absolute atomic E-state index is 0.133. The van der Waals surface area contributed by atoms with Crippen molar-refractivity contribution >= 4 is 11.9 Å². The van der Waals surface area contributed by atoms with E-state index in [9.17, 15) is 9.59 Å². The van der Waals surface area contributed by atoms with E-state index in [2.05, 4.69) is 10.3 Å². The molecule has 1 heterocycles. The van der Waals surface area contributed by atoms with E-state index in [0.29, 0.717) is 19.4 Å². The van der Waals surface area contributed by atoms with Crippen molar-refractivity contribution in [3.05, 3.63) is 30.1 Å². The lowest BCUT2D eigenvalue weighted by molar-refractivity contribution is -0.142. The van der Waals surface area contributed by atoms with Gasteiger partial charge in [0.1, 0.15) is 6.04 Å². The van der Waals surface area contributed by atoms with Crippen LogP contribution in [0.15, 0.2) is 24.5 Å². The SMILES string of the molecule is NCCCCC(NC(=O)Cc1cccnc1)C(=O)O. The van der Waals surface area contributed by atoms with E-state index in [0.717, 1.165) is 12.0 Å². The molecule has 0 aliphatic heterocycles. The third-order valence-corrected chi connectivity index (χ3v) is 2.67. The lowest BCUT2D eigenvalue weighted by Gasteiger charge is -2.14. The number of rotatable bonds is 8. The van der Waals surface area contributed by atoms with Crippen LogP contribution in [0, 0.1) is 0 Å². The van der Waals surface area contributed by atoms with Crippen molar-refractivity contribution in [3.8, 4) is 0 Å². The van der Waals surface area contributed by atoms with E-state index in [-0.39, 0.29) is 12.3 Å². The third kappa shape index (κ3) is 5.96. The molecule has 0 aliphatic rings. The predicted octanol–water partition coefficient (Wildman–Crippen LogP) is 0.322. The number of unbranched alkanes of at least 4 members (excludes halogenated alkanes) is 1. The minimum Gasteiger partial charge on any atom is -0.480 e. The Labute approximate surface area is 112 Å². The molecule has 1 atom stereocenters. The zero-order valence-corrected chi connectivity index (χ0v) is 10.7. The summed E-state index contributed by atoms with van der Waals surface area (Å²) in [6.07, 6.45) is 5.17. The number of carbonyl (C=O) groups is 2. The van der Waals surface area contributed by atoms with Gasteiger partial charge in [-0.25, -0.2) is 4.79 Å². The second-order valence-corrected chi connectivity index (χ2v) is 4.28. The fourth-order valence-electron chi connectivity index (χ4n) is 1.68. The smallest absolute Gasteiger partial charge is 0.326 e.